The molecule has 0 aromatic heterocycles. The highest BCUT2D eigenvalue weighted by molar-refractivity contribution is 5.96. The second-order valence-electron chi connectivity index (χ2n) is 5.25. The quantitative estimate of drug-likeness (QED) is 0.663. The molecule has 0 aliphatic carbocycles. The first-order chi connectivity index (χ1) is 10.7. The van der Waals surface area contributed by atoms with E-state index in [4.69, 9.17) is 4.74 Å². The van der Waals surface area contributed by atoms with Crippen LogP contribution in [0.15, 0.2) is 24.3 Å². The van der Waals surface area contributed by atoms with Gasteiger partial charge in [-0.25, -0.2) is 0 Å². The highest BCUT2D eigenvalue weighted by Gasteiger charge is 2.24. The van der Waals surface area contributed by atoms with E-state index in [-0.39, 0.29) is 18.2 Å². The molecule has 2 rings (SSSR count). The van der Waals surface area contributed by atoms with E-state index in [1.807, 2.05) is 18.2 Å². The summed E-state index contributed by atoms with van der Waals surface area (Å²) in [6.07, 6.45) is 2.13. The van der Waals surface area contributed by atoms with Crippen LogP contribution in [0.2, 0.25) is 0 Å². The molecule has 6 heteroatoms. The van der Waals surface area contributed by atoms with Gasteiger partial charge in [-0.3, -0.25) is 9.59 Å². The first-order valence-corrected chi connectivity index (χ1v) is 7.73. The lowest BCUT2D eigenvalue weighted by atomic mass is 10.1. The number of anilines is 1. The third-order valence-electron chi connectivity index (χ3n) is 3.44. The van der Waals surface area contributed by atoms with Gasteiger partial charge in [0.1, 0.15) is 5.75 Å². The van der Waals surface area contributed by atoms with E-state index < -0.39 is 6.04 Å². The summed E-state index contributed by atoms with van der Waals surface area (Å²) < 4.78 is 5.68. The molecule has 1 fully saturated rings. The number of para-hydroxylation sites is 2. The van der Waals surface area contributed by atoms with Gasteiger partial charge < -0.3 is 20.7 Å². The normalized spacial score (nSPS) is 17.7. The van der Waals surface area contributed by atoms with E-state index in [0.29, 0.717) is 31.1 Å². The molecule has 6 nitrogen and oxygen atoms in total. The van der Waals surface area contributed by atoms with E-state index in [2.05, 4.69) is 22.9 Å². The first kappa shape index (κ1) is 16.3. The summed E-state index contributed by atoms with van der Waals surface area (Å²) in [4.78, 5) is 23.8. The van der Waals surface area contributed by atoms with E-state index in [1.165, 1.54) is 0 Å². The number of piperazine rings is 1. The number of carbonyl (C=O) groups is 2. The maximum absolute atomic E-state index is 12.1. The topological polar surface area (TPSA) is 79.5 Å². The zero-order valence-electron chi connectivity index (χ0n) is 12.9. The molecule has 0 saturated carbocycles. The van der Waals surface area contributed by atoms with Crippen LogP contribution in [0.1, 0.15) is 26.2 Å². The molecule has 120 valence electrons. The van der Waals surface area contributed by atoms with Crippen molar-refractivity contribution in [3.8, 4) is 5.75 Å². The molecule has 0 radical (unpaired) electrons. The Bertz CT molecular complexity index is 519. The largest absolute Gasteiger partial charge is 0.491 e. The van der Waals surface area contributed by atoms with Gasteiger partial charge in [-0.2, -0.15) is 0 Å². The molecule has 2 amide bonds. The lowest BCUT2D eigenvalue weighted by Gasteiger charge is -2.23. The summed E-state index contributed by atoms with van der Waals surface area (Å²) in [6.45, 7) is 4.00. The lowest BCUT2D eigenvalue weighted by Crippen LogP contribution is -2.53. The molecular weight excluding hydrogens is 282 g/mol. The zero-order valence-corrected chi connectivity index (χ0v) is 12.9. The molecule has 1 atom stereocenters. The summed E-state index contributed by atoms with van der Waals surface area (Å²) in [5, 5.41) is 8.60. The van der Waals surface area contributed by atoms with Gasteiger partial charge >= 0.3 is 0 Å². The van der Waals surface area contributed by atoms with Crippen LogP contribution < -0.4 is 20.7 Å². The van der Waals surface area contributed by atoms with Crippen LogP contribution in [0.25, 0.3) is 0 Å². The molecule has 0 bridgehead atoms. The Balaban J connectivity index is 1.91. The SMILES string of the molecule is CCCCOc1ccccc1NC(=O)CC1NCCNC1=O. The monoisotopic (exact) mass is 305 g/mol. The molecule has 1 aromatic rings. The summed E-state index contributed by atoms with van der Waals surface area (Å²) in [5.41, 5.74) is 0.639. The molecule has 0 spiro atoms. The van der Waals surface area contributed by atoms with Crippen molar-refractivity contribution < 1.29 is 14.3 Å². The zero-order chi connectivity index (χ0) is 15.8. The van der Waals surface area contributed by atoms with Crippen molar-refractivity contribution in [1.29, 1.82) is 0 Å². The molecule has 1 aliphatic rings. The van der Waals surface area contributed by atoms with Gasteiger partial charge in [-0.1, -0.05) is 25.5 Å². The number of amides is 2. The Kier molecular flexibility index (Phi) is 6.21. The van der Waals surface area contributed by atoms with E-state index in [1.54, 1.807) is 6.07 Å². The average Bonchev–Trinajstić information content (AvgIpc) is 2.51. The van der Waals surface area contributed by atoms with Crippen molar-refractivity contribution in [3.05, 3.63) is 24.3 Å². The standard InChI is InChI=1S/C16H23N3O3/c1-2-3-10-22-14-7-5-4-6-12(14)19-15(20)11-13-16(21)18-9-8-17-13/h4-7,13,17H,2-3,8-11H2,1H3,(H,18,21)(H,19,20). The third-order valence-corrected chi connectivity index (χ3v) is 3.44. The predicted molar refractivity (Wildman–Crippen MR) is 84.9 cm³/mol. The smallest absolute Gasteiger partial charge is 0.237 e. The Morgan fingerprint density at radius 2 is 2.18 bits per heavy atom. The maximum atomic E-state index is 12.1. The number of hydrogen-bond donors (Lipinski definition) is 3. The van der Waals surface area contributed by atoms with Crippen molar-refractivity contribution in [1.82, 2.24) is 10.6 Å². The number of unbranched alkanes of at least 4 members (excludes halogenated alkanes) is 1. The van der Waals surface area contributed by atoms with Crippen LogP contribution in [0, 0.1) is 0 Å². The molecular formula is C16H23N3O3. The predicted octanol–water partition coefficient (Wildman–Crippen LogP) is 1.28. The van der Waals surface area contributed by atoms with Gasteiger partial charge in [0.2, 0.25) is 11.8 Å². The minimum Gasteiger partial charge on any atom is -0.491 e. The van der Waals surface area contributed by atoms with Crippen molar-refractivity contribution in [2.45, 2.75) is 32.2 Å². The minimum absolute atomic E-state index is 0.106. The highest BCUT2D eigenvalue weighted by atomic mass is 16.5. The van der Waals surface area contributed by atoms with Crippen molar-refractivity contribution >= 4 is 17.5 Å². The number of nitrogens with one attached hydrogen (secondary N) is 3. The fraction of sp³-hybridized carbons (Fsp3) is 0.500. The summed E-state index contributed by atoms with van der Waals surface area (Å²) >= 11 is 0. The third kappa shape index (κ3) is 4.73. The molecule has 1 aromatic carbocycles. The Morgan fingerprint density at radius 1 is 1.36 bits per heavy atom. The maximum Gasteiger partial charge on any atom is 0.237 e. The highest BCUT2D eigenvalue weighted by Crippen LogP contribution is 2.24. The van der Waals surface area contributed by atoms with Gasteiger partial charge in [0.05, 0.1) is 24.8 Å². The van der Waals surface area contributed by atoms with Gasteiger partial charge in [0, 0.05) is 13.1 Å². The summed E-state index contributed by atoms with van der Waals surface area (Å²) in [7, 11) is 0. The van der Waals surface area contributed by atoms with Crippen LogP contribution in [-0.4, -0.2) is 37.6 Å². The fourth-order valence-corrected chi connectivity index (χ4v) is 2.22. The molecule has 1 heterocycles. The Labute approximate surface area is 130 Å². The van der Waals surface area contributed by atoms with Gasteiger partial charge in [0.15, 0.2) is 0 Å². The van der Waals surface area contributed by atoms with E-state index >= 15 is 0 Å². The van der Waals surface area contributed by atoms with Crippen molar-refractivity contribution in [3.63, 3.8) is 0 Å². The second-order valence-corrected chi connectivity index (χ2v) is 5.25. The summed E-state index contributed by atoms with van der Waals surface area (Å²) in [5.74, 6) is 0.320. The van der Waals surface area contributed by atoms with Crippen LogP contribution in [0.5, 0.6) is 5.75 Å². The second kappa shape index (κ2) is 8.38. The molecule has 3 N–H and O–H groups in total. The van der Waals surface area contributed by atoms with Crippen LogP contribution in [0.4, 0.5) is 5.69 Å². The Hall–Kier alpha value is -2.08. The van der Waals surface area contributed by atoms with E-state index in [0.717, 1.165) is 12.8 Å². The molecule has 1 unspecified atom stereocenters. The first-order valence-electron chi connectivity index (χ1n) is 7.73. The number of rotatable bonds is 7. The van der Waals surface area contributed by atoms with Gasteiger partial charge in [-0.15, -0.1) is 0 Å². The Morgan fingerprint density at radius 3 is 2.95 bits per heavy atom. The summed E-state index contributed by atoms with van der Waals surface area (Å²) in [6, 6.07) is 6.87. The molecule has 1 saturated heterocycles. The fourth-order valence-electron chi connectivity index (χ4n) is 2.22. The van der Waals surface area contributed by atoms with Gasteiger partial charge in [-0.05, 0) is 18.6 Å². The van der Waals surface area contributed by atoms with Crippen LogP contribution in [-0.2, 0) is 9.59 Å². The lowest BCUT2D eigenvalue weighted by molar-refractivity contribution is -0.127. The number of benzene rings is 1. The number of hydrogen-bond acceptors (Lipinski definition) is 4. The van der Waals surface area contributed by atoms with Crippen LogP contribution in [0.3, 0.4) is 0 Å². The number of ether oxygens (including phenoxy) is 1. The molecule has 22 heavy (non-hydrogen) atoms. The average molecular weight is 305 g/mol. The van der Waals surface area contributed by atoms with E-state index in [9.17, 15) is 9.59 Å². The van der Waals surface area contributed by atoms with Crippen molar-refractivity contribution in [2.24, 2.45) is 0 Å². The van der Waals surface area contributed by atoms with Crippen molar-refractivity contribution in [2.75, 3.05) is 25.0 Å². The van der Waals surface area contributed by atoms with Crippen LogP contribution >= 0.6 is 0 Å². The minimum atomic E-state index is -0.470. The molecule has 1 aliphatic heterocycles. The van der Waals surface area contributed by atoms with Gasteiger partial charge in [0.25, 0.3) is 0 Å². The number of carbonyl (C=O) groups excluding carboxylic acids is 2.